The summed E-state index contributed by atoms with van der Waals surface area (Å²) < 4.78 is 0. The van der Waals surface area contributed by atoms with Gasteiger partial charge in [-0.1, -0.05) is 0 Å². The standard InChI is InChI=1S/C10H7N3O2/c1-6(5-11)13-9(14)7-3-2-4-12-8(7)10(13)15/h2-4,6H,1H3. The van der Waals surface area contributed by atoms with E-state index in [1.165, 1.54) is 19.2 Å². The first kappa shape index (κ1) is 9.34. The van der Waals surface area contributed by atoms with Crippen molar-refractivity contribution in [1.29, 1.82) is 5.26 Å². The predicted octanol–water partition coefficient (Wildman–Crippen LogP) is 0.590. The number of hydrogen-bond acceptors (Lipinski definition) is 4. The molecule has 0 aromatic carbocycles. The number of carbonyl (C=O) groups excluding carboxylic acids is 2. The van der Waals surface area contributed by atoms with Crippen molar-refractivity contribution < 1.29 is 9.59 Å². The maximum atomic E-state index is 11.7. The topological polar surface area (TPSA) is 74.1 Å². The summed E-state index contributed by atoms with van der Waals surface area (Å²) in [4.78, 5) is 28.2. The van der Waals surface area contributed by atoms with Crippen LogP contribution in [0.4, 0.5) is 0 Å². The van der Waals surface area contributed by atoms with Crippen LogP contribution in [0, 0.1) is 11.3 Å². The Kier molecular flexibility index (Phi) is 1.97. The molecule has 2 amide bonds. The van der Waals surface area contributed by atoms with Gasteiger partial charge in [0.15, 0.2) is 0 Å². The van der Waals surface area contributed by atoms with Crippen LogP contribution in [-0.4, -0.2) is 27.7 Å². The normalized spacial score (nSPS) is 16.1. The molecule has 1 atom stereocenters. The van der Waals surface area contributed by atoms with Crippen molar-refractivity contribution in [2.75, 3.05) is 0 Å². The third kappa shape index (κ3) is 1.19. The molecule has 0 bridgehead atoms. The first-order valence-corrected chi connectivity index (χ1v) is 4.39. The second-order valence-corrected chi connectivity index (χ2v) is 3.18. The highest BCUT2D eigenvalue weighted by molar-refractivity contribution is 6.20. The minimum absolute atomic E-state index is 0.129. The summed E-state index contributed by atoms with van der Waals surface area (Å²) in [5.41, 5.74) is 0.397. The third-order valence-electron chi connectivity index (χ3n) is 2.25. The van der Waals surface area contributed by atoms with Gasteiger partial charge in [-0.3, -0.25) is 19.5 Å². The number of hydrogen-bond donors (Lipinski definition) is 0. The molecule has 0 fully saturated rings. The molecule has 1 aliphatic rings. The Balaban J connectivity index is 2.51. The Morgan fingerprint density at radius 2 is 2.20 bits per heavy atom. The largest absolute Gasteiger partial charge is 0.281 e. The summed E-state index contributed by atoms with van der Waals surface area (Å²) >= 11 is 0. The van der Waals surface area contributed by atoms with Crippen molar-refractivity contribution in [3.05, 3.63) is 29.6 Å². The van der Waals surface area contributed by atoms with Crippen molar-refractivity contribution in [3.8, 4) is 6.07 Å². The number of imide groups is 1. The molecule has 0 spiro atoms. The highest BCUT2D eigenvalue weighted by Gasteiger charge is 2.39. The van der Waals surface area contributed by atoms with Crippen LogP contribution >= 0.6 is 0 Å². The number of pyridine rings is 1. The molecule has 15 heavy (non-hydrogen) atoms. The lowest BCUT2D eigenvalue weighted by Crippen LogP contribution is -2.37. The van der Waals surface area contributed by atoms with Crippen LogP contribution in [0.1, 0.15) is 27.8 Å². The lowest BCUT2D eigenvalue weighted by atomic mass is 10.2. The summed E-state index contributed by atoms with van der Waals surface area (Å²) in [5.74, 6) is -0.943. The summed E-state index contributed by atoms with van der Waals surface area (Å²) in [7, 11) is 0. The van der Waals surface area contributed by atoms with Gasteiger partial charge in [-0.05, 0) is 19.1 Å². The lowest BCUT2D eigenvalue weighted by Gasteiger charge is -2.14. The zero-order valence-electron chi connectivity index (χ0n) is 7.97. The number of carbonyl (C=O) groups is 2. The number of rotatable bonds is 1. The zero-order chi connectivity index (χ0) is 11.0. The van der Waals surface area contributed by atoms with Crippen molar-refractivity contribution >= 4 is 11.8 Å². The Hall–Kier alpha value is -2.22. The van der Waals surface area contributed by atoms with Gasteiger partial charge in [0.25, 0.3) is 11.8 Å². The van der Waals surface area contributed by atoms with Gasteiger partial charge in [0.1, 0.15) is 11.7 Å². The van der Waals surface area contributed by atoms with Crippen molar-refractivity contribution in [2.45, 2.75) is 13.0 Å². The number of aromatic nitrogens is 1. The molecule has 5 heteroatoms. The average Bonchev–Trinajstić information content (AvgIpc) is 2.52. The zero-order valence-corrected chi connectivity index (χ0v) is 7.97. The van der Waals surface area contributed by atoms with E-state index in [1.807, 2.05) is 6.07 Å². The van der Waals surface area contributed by atoms with Gasteiger partial charge < -0.3 is 0 Å². The van der Waals surface area contributed by atoms with Gasteiger partial charge in [-0.2, -0.15) is 5.26 Å². The summed E-state index contributed by atoms with van der Waals surface area (Å²) in [6.45, 7) is 1.50. The number of nitriles is 1. The Bertz CT molecular complexity index is 455. The van der Waals surface area contributed by atoms with E-state index in [1.54, 1.807) is 6.07 Å². The van der Waals surface area contributed by atoms with E-state index in [2.05, 4.69) is 4.98 Å². The molecule has 5 nitrogen and oxygen atoms in total. The van der Waals surface area contributed by atoms with Crippen LogP contribution in [0.5, 0.6) is 0 Å². The van der Waals surface area contributed by atoms with Gasteiger partial charge >= 0.3 is 0 Å². The Morgan fingerprint density at radius 1 is 1.47 bits per heavy atom. The fourth-order valence-electron chi connectivity index (χ4n) is 1.49. The fourth-order valence-corrected chi connectivity index (χ4v) is 1.49. The van der Waals surface area contributed by atoms with Gasteiger partial charge in [-0.15, -0.1) is 0 Å². The first-order chi connectivity index (χ1) is 7.16. The maximum Gasteiger partial charge on any atom is 0.281 e. The lowest BCUT2D eigenvalue weighted by molar-refractivity contribution is 0.0627. The van der Waals surface area contributed by atoms with E-state index < -0.39 is 17.9 Å². The fraction of sp³-hybridized carbons (Fsp3) is 0.200. The molecule has 0 saturated heterocycles. The van der Waals surface area contributed by atoms with Crippen molar-refractivity contribution in [2.24, 2.45) is 0 Å². The van der Waals surface area contributed by atoms with Crippen LogP contribution in [0.15, 0.2) is 18.3 Å². The van der Waals surface area contributed by atoms with Crippen LogP contribution < -0.4 is 0 Å². The molecule has 1 aromatic heterocycles. The van der Waals surface area contributed by atoms with E-state index in [4.69, 9.17) is 5.26 Å². The van der Waals surface area contributed by atoms with Crippen LogP contribution in [0.2, 0.25) is 0 Å². The minimum Gasteiger partial charge on any atom is -0.268 e. The molecule has 2 rings (SSSR count). The van der Waals surface area contributed by atoms with Gasteiger partial charge in [0.05, 0.1) is 11.6 Å². The average molecular weight is 201 g/mol. The second kappa shape index (κ2) is 3.17. The molecule has 0 radical (unpaired) electrons. The molecule has 0 saturated carbocycles. The maximum absolute atomic E-state index is 11.7. The monoisotopic (exact) mass is 201 g/mol. The van der Waals surface area contributed by atoms with Crippen LogP contribution in [-0.2, 0) is 0 Å². The number of amides is 2. The van der Waals surface area contributed by atoms with E-state index in [-0.39, 0.29) is 11.3 Å². The number of fused-ring (bicyclic) bond motifs is 1. The smallest absolute Gasteiger partial charge is 0.268 e. The third-order valence-corrected chi connectivity index (χ3v) is 2.25. The van der Waals surface area contributed by atoms with E-state index >= 15 is 0 Å². The molecule has 1 aliphatic heterocycles. The highest BCUT2D eigenvalue weighted by Crippen LogP contribution is 2.22. The Labute approximate surface area is 85.9 Å². The molecule has 1 aromatic rings. The minimum atomic E-state index is -0.765. The number of nitrogens with zero attached hydrogens (tertiary/aromatic N) is 3. The summed E-state index contributed by atoms with van der Waals surface area (Å²) in [5, 5.41) is 8.69. The SMILES string of the molecule is CC(C#N)N1C(=O)c2cccnc2C1=O. The van der Waals surface area contributed by atoms with Crippen LogP contribution in [0.3, 0.4) is 0 Å². The Morgan fingerprint density at radius 3 is 2.80 bits per heavy atom. The first-order valence-electron chi connectivity index (χ1n) is 4.39. The van der Waals surface area contributed by atoms with E-state index in [0.29, 0.717) is 0 Å². The highest BCUT2D eigenvalue weighted by atomic mass is 16.2. The van der Waals surface area contributed by atoms with Crippen molar-refractivity contribution in [1.82, 2.24) is 9.88 Å². The van der Waals surface area contributed by atoms with Gasteiger partial charge in [0, 0.05) is 6.20 Å². The second-order valence-electron chi connectivity index (χ2n) is 3.18. The molecule has 2 heterocycles. The van der Waals surface area contributed by atoms with Crippen LogP contribution in [0.25, 0.3) is 0 Å². The van der Waals surface area contributed by atoms with E-state index in [9.17, 15) is 9.59 Å². The molecular formula is C10H7N3O2. The van der Waals surface area contributed by atoms with E-state index in [0.717, 1.165) is 4.90 Å². The van der Waals surface area contributed by atoms with Crippen molar-refractivity contribution in [3.63, 3.8) is 0 Å². The molecule has 74 valence electrons. The molecular weight excluding hydrogens is 194 g/mol. The van der Waals surface area contributed by atoms with Gasteiger partial charge in [0.2, 0.25) is 0 Å². The predicted molar refractivity (Wildman–Crippen MR) is 49.8 cm³/mol. The summed E-state index contributed by atoms with van der Waals surface area (Å²) in [6, 6.07) is 4.22. The molecule has 0 aliphatic carbocycles. The quantitative estimate of drug-likeness (QED) is 0.623. The van der Waals surface area contributed by atoms with Gasteiger partial charge in [-0.25, -0.2) is 0 Å². The summed E-state index contributed by atoms with van der Waals surface area (Å²) in [6.07, 6.45) is 1.45. The molecule has 1 unspecified atom stereocenters. The molecule has 0 N–H and O–H groups in total.